The van der Waals surface area contributed by atoms with E-state index in [1.165, 1.54) is 27.4 Å². The summed E-state index contributed by atoms with van der Waals surface area (Å²) < 4.78 is 28.9. The molecule has 7 heteroatoms. The summed E-state index contributed by atoms with van der Waals surface area (Å²) in [5.41, 5.74) is 0.621. The monoisotopic (exact) mass is 285 g/mol. The molecule has 1 aromatic rings. The molecule has 0 fully saturated rings. The van der Waals surface area contributed by atoms with Crippen LogP contribution >= 0.6 is 0 Å². The van der Waals surface area contributed by atoms with E-state index in [2.05, 4.69) is 9.89 Å². The number of methoxy groups -OCH3 is 3. The molecule has 1 N–H and O–H groups in total. The molecule has 0 aliphatic heterocycles. The highest BCUT2D eigenvalue weighted by Gasteiger charge is 2.25. The van der Waals surface area contributed by atoms with Crippen molar-refractivity contribution in [3.8, 4) is 11.5 Å². The van der Waals surface area contributed by atoms with Crippen molar-refractivity contribution in [1.82, 2.24) is 0 Å². The maximum atomic E-state index is 14.0. The molecule has 1 aromatic carbocycles. The summed E-state index contributed by atoms with van der Waals surface area (Å²) in [6.07, 6.45) is -1.08. The van der Waals surface area contributed by atoms with Gasteiger partial charge in [0.1, 0.15) is 0 Å². The summed E-state index contributed by atoms with van der Waals surface area (Å²) in [4.78, 5) is 11.7. The van der Waals surface area contributed by atoms with E-state index in [9.17, 15) is 9.18 Å². The molecule has 0 saturated heterocycles. The maximum absolute atomic E-state index is 14.0. The summed E-state index contributed by atoms with van der Waals surface area (Å²) in [5, 5.41) is 11.1. The van der Waals surface area contributed by atoms with Crippen LogP contribution < -0.4 is 9.47 Å². The first-order valence-corrected chi connectivity index (χ1v) is 5.67. The van der Waals surface area contributed by atoms with E-state index in [-0.39, 0.29) is 22.6 Å². The Morgan fingerprint density at radius 1 is 1.35 bits per heavy atom. The summed E-state index contributed by atoms with van der Waals surface area (Å²) in [6, 6.07) is 1.29. The van der Waals surface area contributed by atoms with Crippen LogP contribution in [0.3, 0.4) is 0 Å². The predicted molar refractivity (Wildman–Crippen MR) is 69.8 cm³/mol. The second kappa shape index (κ2) is 6.74. The van der Waals surface area contributed by atoms with E-state index in [1.807, 2.05) is 0 Å². The number of benzene rings is 1. The Balaban J connectivity index is 3.60. The maximum Gasteiger partial charge on any atom is 0.338 e. The minimum absolute atomic E-state index is 0.00755. The Labute approximate surface area is 115 Å². The fourth-order valence-corrected chi connectivity index (χ4v) is 1.87. The number of rotatable bonds is 5. The van der Waals surface area contributed by atoms with E-state index in [0.29, 0.717) is 11.8 Å². The van der Waals surface area contributed by atoms with Crippen molar-refractivity contribution in [2.24, 2.45) is 5.16 Å². The van der Waals surface area contributed by atoms with Crippen LogP contribution in [0.25, 0.3) is 0 Å². The van der Waals surface area contributed by atoms with Crippen molar-refractivity contribution in [1.29, 1.82) is 0 Å². The van der Waals surface area contributed by atoms with Crippen LogP contribution in [0.1, 0.15) is 27.7 Å². The summed E-state index contributed by atoms with van der Waals surface area (Å²) >= 11 is 0. The molecule has 1 unspecified atom stereocenters. The third-order valence-electron chi connectivity index (χ3n) is 2.82. The molecule has 0 heterocycles. The average Bonchev–Trinajstić information content (AvgIpc) is 2.45. The lowest BCUT2D eigenvalue weighted by Gasteiger charge is -2.18. The van der Waals surface area contributed by atoms with Gasteiger partial charge in [0, 0.05) is 11.1 Å². The van der Waals surface area contributed by atoms with Gasteiger partial charge >= 0.3 is 5.97 Å². The van der Waals surface area contributed by atoms with Gasteiger partial charge in [-0.05, 0) is 13.0 Å². The average molecular weight is 285 g/mol. The molecule has 110 valence electrons. The van der Waals surface area contributed by atoms with Gasteiger partial charge in [-0.25, -0.2) is 9.18 Å². The molecular weight excluding hydrogens is 269 g/mol. The Morgan fingerprint density at radius 2 is 1.95 bits per heavy atom. The van der Waals surface area contributed by atoms with E-state index in [1.54, 1.807) is 6.92 Å². The van der Waals surface area contributed by atoms with Crippen molar-refractivity contribution in [2.45, 2.75) is 13.1 Å². The summed E-state index contributed by atoms with van der Waals surface area (Å²) in [5.74, 6) is -0.276. The fraction of sp³-hybridized carbons (Fsp3) is 0.385. The fourth-order valence-electron chi connectivity index (χ4n) is 1.87. The number of hydrogen-bond acceptors (Lipinski definition) is 6. The third-order valence-corrected chi connectivity index (χ3v) is 2.82. The lowest BCUT2D eigenvalue weighted by molar-refractivity contribution is 0.0599. The quantitative estimate of drug-likeness (QED) is 0.388. The van der Waals surface area contributed by atoms with E-state index in [4.69, 9.17) is 14.7 Å². The van der Waals surface area contributed by atoms with Crippen LogP contribution in [0.15, 0.2) is 11.2 Å². The molecule has 0 aliphatic carbocycles. The van der Waals surface area contributed by atoms with Crippen LogP contribution in [0.5, 0.6) is 11.5 Å². The first-order chi connectivity index (χ1) is 9.51. The van der Waals surface area contributed by atoms with Crippen molar-refractivity contribution in [3.63, 3.8) is 0 Å². The molecule has 0 bridgehead atoms. The Morgan fingerprint density at radius 3 is 2.40 bits per heavy atom. The zero-order valence-electron chi connectivity index (χ0n) is 11.6. The van der Waals surface area contributed by atoms with Gasteiger partial charge in [0.25, 0.3) is 0 Å². The first kappa shape index (κ1) is 15.7. The normalized spacial score (nSPS) is 12.2. The molecule has 0 spiro atoms. The molecule has 0 amide bonds. The minimum atomic E-state index is -1.76. The zero-order valence-corrected chi connectivity index (χ0v) is 11.6. The molecule has 1 atom stereocenters. The van der Waals surface area contributed by atoms with Gasteiger partial charge in [-0.2, -0.15) is 0 Å². The Kier molecular flexibility index (Phi) is 5.31. The number of alkyl halides is 1. The molecule has 0 aliphatic rings. The largest absolute Gasteiger partial charge is 0.493 e. The second-order valence-corrected chi connectivity index (χ2v) is 3.86. The number of carbonyl (C=O) groups excluding carboxylic acids is 1. The lowest BCUT2D eigenvalue weighted by atomic mass is 9.99. The number of hydrogen-bond donors (Lipinski definition) is 1. The highest BCUT2D eigenvalue weighted by Crippen LogP contribution is 2.40. The Hall–Kier alpha value is -2.31. The van der Waals surface area contributed by atoms with Crippen LogP contribution in [-0.4, -0.2) is 38.7 Å². The van der Waals surface area contributed by atoms with Crippen molar-refractivity contribution in [3.05, 3.63) is 22.8 Å². The third kappa shape index (κ3) is 2.81. The highest BCUT2D eigenvalue weighted by atomic mass is 19.1. The van der Waals surface area contributed by atoms with Gasteiger partial charge in [-0.1, -0.05) is 5.16 Å². The van der Waals surface area contributed by atoms with Crippen LogP contribution in [0.4, 0.5) is 4.39 Å². The number of carbonyl (C=O) groups is 1. The minimum Gasteiger partial charge on any atom is -0.493 e. The van der Waals surface area contributed by atoms with E-state index < -0.39 is 12.1 Å². The molecule has 6 nitrogen and oxygen atoms in total. The van der Waals surface area contributed by atoms with Crippen LogP contribution in [-0.2, 0) is 4.74 Å². The number of esters is 1. The van der Waals surface area contributed by atoms with Crippen molar-refractivity contribution < 1.29 is 28.6 Å². The molecule has 0 radical (unpaired) electrons. The second-order valence-electron chi connectivity index (χ2n) is 3.86. The van der Waals surface area contributed by atoms with Crippen LogP contribution in [0, 0.1) is 6.92 Å². The topological polar surface area (TPSA) is 77.4 Å². The smallest absolute Gasteiger partial charge is 0.338 e. The summed E-state index contributed by atoms with van der Waals surface area (Å²) in [6.45, 7) is 1.63. The van der Waals surface area contributed by atoms with Gasteiger partial charge < -0.3 is 19.4 Å². The van der Waals surface area contributed by atoms with Crippen molar-refractivity contribution in [2.75, 3.05) is 21.3 Å². The standard InChI is InChI=1S/C13H16FNO5/c1-7-8(13(16)20-4)5-9(10(14)6-15-17)12(19-3)11(7)18-2/h5-6,10,17H,1-4H3/b15-6+. The van der Waals surface area contributed by atoms with Gasteiger partial charge in [0.05, 0.1) is 33.1 Å². The van der Waals surface area contributed by atoms with Crippen LogP contribution in [0.2, 0.25) is 0 Å². The highest BCUT2D eigenvalue weighted by molar-refractivity contribution is 5.93. The number of halogens is 1. The SMILES string of the molecule is COC(=O)c1cc(C(F)/C=N/O)c(OC)c(OC)c1C. The molecule has 20 heavy (non-hydrogen) atoms. The Bertz CT molecular complexity index is 530. The van der Waals surface area contributed by atoms with Gasteiger partial charge in [0.2, 0.25) is 0 Å². The lowest BCUT2D eigenvalue weighted by Crippen LogP contribution is -2.09. The molecule has 1 rings (SSSR count). The summed E-state index contributed by atoms with van der Waals surface area (Å²) in [7, 11) is 3.95. The van der Waals surface area contributed by atoms with Gasteiger partial charge in [0.15, 0.2) is 17.7 Å². The van der Waals surface area contributed by atoms with E-state index >= 15 is 0 Å². The first-order valence-electron chi connectivity index (χ1n) is 5.67. The van der Waals surface area contributed by atoms with Gasteiger partial charge in [-0.15, -0.1) is 0 Å². The predicted octanol–water partition coefficient (Wildman–Crippen LogP) is 2.27. The van der Waals surface area contributed by atoms with Crippen molar-refractivity contribution >= 4 is 12.2 Å². The number of oxime groups is 1. The molecular formula is C13H16FNO5. The van der Waals surface area contributed by atoms with E-state index in [0.717, 1.165) is 0 Å². The van der Waals surface area contributed by atoms with Gasteiger partial charge in [-0.3, -0.25) is 0 Å². The number of nitrogens with zero attached hydrogens (tertiary/aromatic N) is 1. The molecule has 0 saturated carbocycles. The zero-order chi connectivity index (χ0) is 15.3. The number of ether oxygens (including phenoxy) is 3. The molecule has 0 aromatic heterocycles.